The van der Waals surface area contributed by atoms with Gasteiger partial charge in [-0.05, 0) is 71.0 Å². The van der Waals surface area contributed by atoms with Crippen molar-refractivity contribution >= 4 is 52.1 Å². The molecule has 0 radical (unpaired) electrons. The highest BCUT2D eigenvalue weighted by molar-refractivity contribution is 14.1. The van der Waals surface area contributed by atoms with Gasteiger partial charge in [-0.1, -0.05) is 23.7 Å². The largest absolute Gasteiger partial charge is 0.490 e. The molecule has 6 nitrogen and oxygen atoms in total. The Morgan fingerprint density at radius 3 is 2.46 bits per heavy atom. The lowest BCUT2D eigenvalue weighted by Gasteiger charge is -2.15. The van der Waals surface area contributed by atoms with Crippen LogP contribution in [0.25, 0.3) is 6.08 Å². The second kappa shape index (κ2) is 10.3. The predicted octanol–water partition coefficient (Wildman–Crippen LogP) is 4.48. The van der Waals surface area contributed by atoms with Gasteiger partial charge in [-0.3, -0.25) is 4.79 Å². The Labute approximate surface area is 181 Å². The first-order chi connectivity index (χ1) is 13.3. The van der Waals surface area contributed by atoms with Gasteiger partial charge in [0.05, 0.1) is 10.2 Å². The van der Waals surface area contributed by atoms with Crippen LogP contribution in [-0.2, 0) is 16.2 Å². The fourth-order valence-corrected chi connectivity index (χ4v) is 3.23. The molecule has 0 saturated carbocycles. The minimum absolute atomic E-state index is 0.222. The summed E-state index contributed by atoms with van der Waals surface area (Å²) in [5, 5.41) is 12.2. The third-order valence-corrected chi connectivity index (χ3v) is 4.53. The van der Waals surface area contributed by atoms with Crippen molar-refractivity contribution in [3.63, 3.8) is 0 Å². The first-order valence-corrected chi connectivity index (χ1v) is 9.82. The van der Waals surface area contributed by atoms with E-state index in [-0.39, 0.29) is 5.70 Å². The molecule has 2 rings (SSSR count). The van der Waals surface area contributed by atoms with Crippen LogP contribution in [0.4, 0.5) is 0 Å². The van der Waals surface area contributed by atoms with Gasteiger partial charge < -0.3 is 19.9 Å². The van der Waals surface area contributed by atoms with E-state index in [1.165, 1.54) is 13.0 Å². The third-order valence-electron chi connectivity index (χ3n) is 3.48. The van der Waals surface area contributed by atoms with Gasteiger partial charge in [-0.15, -0.1) is 0 Å². The van der Waals surface area contributed by atoms with Gasteiger partial charge in [-0.25, -0.2) is 4.79 Å². The molecule has 0 aromatic heterocycles. The molecule has 2 aromatic carbocycles. The molecule has 28 heavy (non-hydrogen) atoms. The number of hydrogen-bond donors (Lipinski definition) is 2. The summed E-state index contributed by atoms with van der Waals surface area (Å²) in [6, 6.07) is 10.8. The van der Waals surface area contributed by atoms with Gasteiger partial charge >= 0.3 is 5.97 Å². The molecular formula is C20H19ClINO5. The SMILES string of the molecule is CCOc1cc(C=C(NC(C)=O)C(=O)O)cc(I)c1OCc1ccc(Cl)cc1. The Kier molecular flexibility index (Phi) is 8.13. The van der Waals surface area contributed by atoms with Crippen LogP contribution in [0, 0.1) is 3.57 Å². The molecule has 2 aromatic rings. The number of ether oxygens (including phenoxy) is 2. The Morgan fingerprint density at radius 2 is 1.89 bits per heavy atom. The number of carbonyl (C=O) groups is 2. The lowest BCUT2D eigenvalue weighted by molar-refractivity contribution is -0.134. The molecule has 0 heterocycles. The van der Waals surface area contributed by atoms with Crippen molar-refractivity contribution in [1.29, 1.82) is 0 Å². The maximum atomic E-state index is 11.3. The summed E-state index contributed by atoms with van der Waals surface area (Å²) < 4.78 is 12.4. The van der Waals surface area contributed by atoms with E-state index in [1.54, 1.807) is 24.3 Å². The van der Waals surface area contributed by atoms with Gasteiger partial charge in [-0.2, -0.15) is 0 Å². The quantitative estimate of drug-likeness (QED) is 0.400. The lowest BCUT2D eigenvalue weighted by atomic mass is 10.1. The van der Waals surface area contributed by atoms with Crippen molar-refractivity contribution in [2.75, 3.05) is 6.61 Å². The number of carboxylic acids is 1. The molecule has 0 saturated heterocycles. The van der Waals surface area contributed by atoms with E-state index in [2.05, 4.69) is 27.9 Å². The Hall–Kier alpha value is -2.26. The minimum Gasteiger partial charge on any atom is -0.490 e. The molecular weight excluding hydrogens is 497 g/mol. The van der Waals surface area contributed by atoms with Gasteiger partial charge in [0.25, 0.3) is 0 Å². The zero-order valence-electron chi connectivity index (χ0n) is 15.3. The Morgan fingerprint density at radius 1 is 1.21 bits per heavy atom. The van der Waals surface area contributed by atoms with Gasteiger partial charge in [0.15, 0.2) is 11.5 Å². The minimum atomic E-state index is -1.23. The number of rotatable bonds is 8. The van der Waals surface area contributed by atoms with E-state index in [0.717, 1.165) is 9.13 Å². The number of amides is 1. The van der Waals surface area contributed by atoms with Crippen LogP contribution in [0.5, 0.6) is 11.5 Å². The van der Waals surface area contributed by atoms with E-state index >= 15 is 0 Å². The van der Waals surface area contributed by atoms with Crippen LogP contribution in [0.15, 0.2) is 42.1 Å². The van der Waals surface area contributed by atoms with Crippen LogP contribution in [-0.4, -0.2) is 23.6 Å². The van der Waals surface area contributed by atoms with Gasteiger partial charge in [0.1, 0.15) is 12.3 Å². The molecule has 1 amide bonds. The number of hydrogen-bond acceptors (Lipinski definition) is 4. The number of aliphatic carboxylic acids is 1. The van der Waals surface area contributed by atoms with Crippen LogP contribution in [0.1, 0.15) is 25.0 Å². The number of carbonyl (C=O) groups excluding carboxylic acids is 1. The van der Waals surface area contributed by atoms with Crippen LogP contribution in [0.3, 0.4) is 0 Å². The predicted molar refractivity (Wildman–Crippen MR) is 116 cm³/mol. The van der Waals surface area contributed by atoms with Crippen LogP contribution >= 0.6 is 34.2 Å². The molecule has 0 spiro atoms. The average molecular weight is 516 g/mol. The number of halogens is 2. The van der Waals surface area contributed by atoms with Gasteiger partial charge in [0.2, 0.25) is 5.91 Å². The zero-order chi connectivity index (χ0) is 20.7. The Bertz CT molecular complexity index is 896. The topological polar surface area (TPSA) is 84.9 Å². The fourth-order valence-electron chi connectivity index (χ4n) is 2.32. The Balaban J connectivity index is 2.33. The normalized spacial score (nSPS) is 11.1. The molecule has 0 fully saturated rings. The summed E-state index contributed by atoms with van der Waals surface area (Å²) in [6.45, 7) is 3.84. The molecule has 148 valence electrons. The molecule has 0 atom stereocenters. The highest BCUT2D eigenvalue weighted by atomic mass is 127. The highest BCUT2D eigenvalue weighted by Gasteiger charge is 2.14. The second-order valence-corrected chi connectivity index (χ2v) is 7.32. The van der Waals surface area contributed by atoms with Crippen molar-refractivity contribution in [1.82, 2.24) is 5.32 Å². The van der Waals surface area contributed by atoms with Gasteiger partial charge in [0, 0.05) is 11.9 Å². The average Bonchev–Trinajstić information content (AvgIpc) is 2.62. The summed E-state index contributed by atoms with van der Waals surface area (Å²) in [5.41, 5.74) is 1.30. The molecule has 0 bridgehead atoms. The molecule has 2 N–H and O–H groups in total. The van der Waals surface area contributed by atoms with Crippen molar-refractivity contribution < 1.29 is 24.2 Å². The van der Waals surface area contributed by atoms with Crippen molar-refractivity contribution in [3.8, 4) is 11.5 Å². The third kappa shape index (κ3) is 6.42. The van der Waals surface area contributed by atoms with Crippen LogP contribution in [0.2, 0.25) is 5.02 Å². The van der Waals surface area contributed by atoms with E-state index in [9.17, 15) is 14.7 Å². The second-order valence-electron chi connectivity index (χ2n) is 5.72. The maximum absolute atomic E-state index is 11.3. The summed E-state index contributed by atoms with van der Waals surface area (Å²) >= 11 is 8.00. The summed E-state index contributed by atoms with van der Waals surface area (Å²) in [4.78, 5) is 22.5. The van der Waals surface area contributed by atoms with Crippen molar-refractivity contribution in [3.05, 3.63) is 61.8 Å². The van der Waals surface area contributed by atoms with E-state index in [4.69, 9.17) is 21.1 Å². The molecule has 0 aliphatic heterocycles. The smallest absolute Gasteiger partial charge is 0.352 e. The summed E-state index contributed by atoms with van der Waals surface area (Å²) in [7, 11) is 0. The zero-order valence-corrected chi connectivity index (χ0v) is 18.2. The summed E-state index contributed by atoms with van der Waals surface area (Å²) in [5.74, 6) is -0.643. The first kappa shape index (κ1) is 22.0. The van der Waals surface area contributed by atoms with E-state index in [1.807, 2.05) is 19.1 Å². The number of nitrogens with one attached hydrogen (secondary N) is 1. The molecule has 0 aliphatic carbocycles. The fraction of sp³-hybridized carbons (Fsp3) is 0.200. The highest BCUT2D eigenvalue weighted by Crippen LogP contribution is 2.35. The molecule has 0 unspecified atom stereocenters. The molecule has 0 aliphatic rings. The van der Waals surface area contributed by atoms with Crippen molar-refractivity contribution in [2.24, 2.45) is 0 Å². The number of carboxylic acid groups (broad SMARTS) is 1. The van der Waals surface area contributed by atoms with Crippen molar-refractivity contribution in [2.45, 2.75) is 20.5 Å². The van der Waals surface area contributed by atoms with E-state index in [0.29, 0.717) is 35.3 Å². The lowest BCUT2D eigenvalue weighted by Crippen LogP contribution is -2.24. The number of benzene rings is 2. The molecule has 8 heteroatoms. The standard InChI is InChI=1S/C20H19ClINO5/c1-3-27-18-10-14(9-17(20(25)26)23-12(2)24)8-16(22)19(18)28-11-13-4-6-15(21)7-5-13/h4-10H,3,11H2,1-2H3,(H,23,24)(H,25,26). The maximum Gasteiger partial charge on any atom is 0.352 e. The summed E-state index contributed by atoms with van der Waals surface area (Å²) in [6.07, 6.45) is 1.37. The van der Waals surface area contributed by atoms with E-state index < -0.39 is 11.9 Å². The monoisotopic (exact) mass is 515 g/mol. The van der Waals surface area contributed by atoms with Crippen LogP contribution < -0.4 is 14.8 Å². The first-order valence-electron chi connectivity index (χ1n) is 8.36.